The summed E-state index contributed by atoms with van der Waals surface area (Å²) in [6, 6.07) is 6.52. The number of likely N-dealkylation sites (tertiary alicyclic amines) is 1. The molecular formula is C17H20FN3OS. The number of halogens is 1. The molecule has 4 nitrogen and oxygen atoms in total. The molecule has 1 unspecified atom stereocenters. The molecule has 0 spiro atoms. The van der Waals surface area contributed by atoms with Crippen molar-refractivity contribution in [1.29, 1.82) is 0 Å². The number of amides is 1. The van der Waals surface area contributed by atoms with E-state index in [1.807, 2.05) is 11.8 Å². The summed E-state index contributed by atoms with van der Waals surface area (Å²) in [7, 11) is 0. The molecule has 3 rings (SSSR count). The first kappa shape index (κ1) is 16.1. The van der Waals surface area contributed by atoms with Crippen LogP contribution in [0.15, 0.2) is 24.3 Å². The van der Waals surface area contributed by atoms with E-state index in [2.05, 4.69) is 4.98 Å². The smallest absolute Gasteiger partial charge is 0.266 e. The molecule has 1 aromatic heterocycles. The highest BCUT2D eigenvalue weighted by molar-refractivity contribution is 7.13. The van der Waals surface area contributed by atoms with E-state index >= 15 is 0 Å². The predicted molar refractivity (Wildman–Crippen MR) is 89.2 cm³/mol. The molecule has 0 saturated carbocycles. The molecule has 2 aromatic rings. The molecule has 2 N–H and O–H groups in total. The topological polar surface area (TPSA) is 59.2 Å². The van der Waals surface area contributed by atoms with E-state index < -0.39 is 0 Å². The quantitative estimate of drug-likeness (QED) is 0.936. The second kappa shape index (κ2) is 6.76. The third-order valence-electron chi connectivity index (χ3n) is 4.21. The van der Waals surface area contributed by atoms with Crippen molar-refractivity contribution >= 4 is 17.2 Å². The predicted octanol–water partition coefficient (Wildman–Crippen LogP) is 2.74. The van der Waals surface area contributed by atoms with E-state index in [1.54, 1.807) is 12.1 Å². The Morgan fingerprint density at radius 2 is 2.17 bits per heavy atom. The Kier molecular flexibility index (Phi) is 4.73. The normalized spacial score (nSPS) is 17.7. The molecule has 1 fully saturated rings. The number of aromatic nitrogens is 1. The largest absolute Gasteiger partial charge is 0.334 e. The van der Waals surface area contributed by atoms with Crippen molar-refractivity contribution in [1.82, 2.24) is 9.88 Å². The summed E-state index contributed by atoms with van der Waals surface area (Å²) in [6.07, 6.45) is 2.59. The Labute approximate surface area is 139 Å². The van der Waals surface area contributed by atoms with Gasteiger partial charge in [-0.25, -0.2) is 9.37 Å². The van der Waals surface area contributed by atoms with Crippen LogP contribution in [-0.4, -0.2) is 34.9 Å². The zero-order chi connectivity index (χ0) is 16.4. The fraction of sp³-hybridized carbons (Fsp3) is 0.412. The van der Waals surface area contributed by atoms with Crippen LogP contribution in [0, 0.1) is 12.7 Å². The summed E-state index contributed by atoms with van der Waals surface area (Å²) < 4.78 is 13.0. The Morgan fingerprint density at radius 1 is 1.43 bits per heavy atom. The molecule has 1 amide bonds. The fourth-order valence-electron chi connectivity index (χ4n) is 2.98. The van der Waals surface area contributed by atoms with Gasteiger partial charge in [0.2, 0.25) is 0 Å². The highest BCUT2D eigenvalue weighted by Gasteiger charge is 2.30. The van der Waals surface area contributed by atoms with E-state index in [0.29, 0.717) is 17.8 Å². The first-order chi connectivity index (χ1) is 11.1. The van der Waals surface area contributed by atoms with Crippen LogP contribution >= 0.6 is 11.3 Å². The molecule has 6 heteroatoms. The SMILES string of the molecule is Cc1nc(Cc2ccc(F)cc2)sc1C(=O)N1CCCC1CN. The molecule has 122 valence electrons. The van der Waals surface area contributed by atoms with Gasteiger partial charge in [-0.05, 0) is 37.5 Å². The Morgan fingerprint density at radius 3 is 2.87 bits per heavy atom. The monoisotopic (exact) mass is 333 g/mol. The molecule has 2 heterocycles. The Hall–Kier alpha value is -1.79. The van der Waals surface area contributed by atoms with E-state index in [4.69, 9.17) is 5.73 Å². The van der Waals surface area contributed by atoms with Crippen LogP contribution in [0.4, 0.5) is 4.39 Å². The number of nitrogens with zero attached hydrogens (tertiary/aromatic N) is 2. The summed E-state index contributed by atoms with van der Waals surface area (Å²) in [6.45, 7) is 3.14. The van der Waals surface area contributed by atoms with Crippen LogP contribution in [0.3, 0.4) is 0 Å². The van der Waals surface area contributed by atoms with Crippen molar-refractivity contribution in [3.8, 4) is 0 Å². The minimum atomic E-state index is -0.248. The maximum Gasteiger partial charge on any atom is 0.266 e. The summed E-state index contributed by atoms with van der Waals surface area (Å²) in [5.74, 6) is -0.208. The van der Waals surface area contributed by atoms with Gasteiger partial charge in [0.25, 0.3) is 5.91 Å². The molecule has 1 aliphatic heterocycles. The van der Waals surface area contributed by atoms with Crippen LogP contribution in [0.5, 0.6) is 0 Å². The molecule has 1 aromatic carbocycles. The van der Waals surface area contributed by atoms with Crippen molar-refractivity contribution in [3.05, 3.63) is 51.2 Å². The van der Waals surface area contributed by atoms with Gasteiger partial charge in [0, 0.05) is 25.6 Å². The van der Waals surface area contributed by atoms with Crippen molar-refractivity contribution < 1.29 is 9.18 Å². The van der Waals surface area contributed by atoms with Crippen molar-refractivity contribution in [2.24, 2.45) is 5.73 Å². The average Bonchev–Trinajstić information content (AvgIpc) is 3.15. The lowest BCUT2D eigenvalue weighted by Crippen LogP contribution is -2.39. The molecule has 0 radical (unpaired) electrons. The second-order valence-corrected chi connectivity index (χ2v) is 6.94. The van der Waals surface area contributed by atoms with Crippen LogP contribution in [0.2, 0.25) is 0 Å². The highest BCUT2D eigenvalue weighted by Crippen LogP contribution is 2.26. The third-order valence-corrected chi connectivity index (χ3v) is 5.36. The Balaban J connectivity index is 1.78. The minimum Gasteiger partial charge on any atom is -0.334 e. The average molecular weight is 333 g/mol. The van der Waals surface area contributed by atoms with E-state index in [1.165, 1.54) is 23.5 Å². The van der Waals surface area contributed by atoms with Crippen molar-refractivity contribution in [2.45, 2.75) is 32.2 Å². The summed E-state index contributed by atoms with van der Waals surface area (Å²) in [4.78, 5) is 19.8. The second-order valence-electron chi connectivity index (χ2n) is 5.86. The zero-order valence-corrected chi connectivity index (χ0v) is 13.9. The number of thiazole rings is 1. The molecule has 0 bridgehead atoms. The first-order valence-corrected chi connectivity index (χ1v) is 8.62. The van der Waals surface area contributed by atoms with Gasteiger partial charge in [0.1, 0.15) is 10.7 Å². The van der Waals surface area contributed by atoms with Crippen molar-refractivity contribution in [3.63, 3.8) is 0 Å². The standard InChI is InChI=1S/C17H20FN3OS/c1-11-16(17(22)21-8-2-3-14(21)10-19)23-15(20-11)9-12-4-6-13(18)7-5-12/h4-7,14H,2-3,8-10,19H2,1H3. The maximum atomic E-state index is 13.0. The van der Waals surface area contributed by atoms with Crippen LogP contribution < -0.4 is 5.73 Å². The number of aryl methyl sites for hydroxylation is 1. The van der Waals surface area contributed by atoms with Gasteiger partial charge in [-0.1, -0.05) is 12.1 Å². The van der Waals surface area contributed by atoms with Crippen LogP contribution in [0.1, 0.15) is 38.8 Å². The molecule has 1 atom stereocenters. The number of hydrogen-bond acceptors (Lipinski definition) is 4. The number of benzene rings is 1. The molecule has 1 aliphatic rings. The van der Waals surface area contributed by atoms with Gasteiger partial charge < -0.3 is 10.6 Å². The number of nitrogens with two attached hydrogens (primary N) is 1. The number of carbonyl (C=O) groups excluding carboxylic acids is 1. The highest BCUT2D eigenvalue weighted by atomic mass is 32.1. The number of rotatable bonds is 4. The van der Waals surface area contributed by atoms with Crippen LogP contribution in [-0.2, 0) is 6.42 Å². The van der Waals surface area contributed by atoms with Gasteiger partial charge in [-0.2, -0.15) is 0 Å². The third kappa shape index (κ3) is 3.43. The van der Waals surface area contributed by atoms with Gasteiger partial charge in [0.15, 0.2) is 0 Å². The lowest BCUT2D eigenvalue weighted by Gasteiger charge is -2.22. The lowest BCUT2D eigenvalue weighted by molar-refractivity contribution is 0.0745. The summed E-state index contributed by atoms with van der Waals surface area (Å²) >= 11 is 1.43. The minimum absolute atomic E-state index is 0.0401. The molecule has 0 aliphatic carbocycles. The van der Waals surface area contributed by atoms with E-state index in [-0.39, 0.29) is 17.8 Å². The van der Waals surface area contributed by atoms with Gasteiger partial charge in [-0.3, -0.25) is 4.79 Å². The van der Waals surface area contributed by atoms with E-state index in [9.17, 15) is 9.18 Å². The fourth-order valence-corrected chi connectivity index (χ4v) is 4.04. The maximum absolute atomic E-state index is 13.0. The summed E-state index contributed by atoms with van der Waals surface area (Å²) in [5.41, 5.74) is 7.51. The molecule has 1 saturated heterocycles. The van der Waals surface area contributed by atoms with Crippen LogP contribution in [0.25, 0.3) is 0 Å². The number of carbonyl (C=O) groups is 1. The Bertz CT molecular complexity index is 698. The zero-order valence-electron chi connectivity index (χ0n) is 13.1. The van der Waals surface area contributed by atoms with Crippen molar-refractivity contribution in [2.75, 3.05) is 13.1 Å². The van der Waals surface area contributed by atoms with Gasteiger partial charge in [0.05, 0.1) is 10.7 Å². The van der Waals surface area contributed by atoms with E-state index in [0.717, 1.165) is 35.7 Å². The number of hydrogen-bond donors (Lipinski definition) is 1. The molecular weight excluding hydrogens is 313 g/mol. The molecule has 23 heavy (non-hydrogen) atoms. The van der Waals surface area contributed by atoms with Gasteiger partial charge in [-0.15, -0.1) is 11.3 Å². The first-order valence-electron chi connectivity index (χ1n) is 7.80. The summed E-state index contributed by atoms with van der Waals surface area (Å²) in [5, 5.41) is 0.876. The van der Waals surface area contributed by atoms with Gasteiger partial charge >= 0.3 is 0 Å². The lowest BCUT2D eigenvalue weighted by atomic mass is 10.1.